The third-order valence-electron chi connectivity index (χ3n) is 3.31. The summed E-state index contributed by atoms with van der Waals surface area (Å²) in [6.45, 7) is 1.77. The Labute approximate surface area is 115 Å². The number of nitrogens with one attached hydrogen (secondary N) is 1. The smallest absolute Gasteiger partial charge is 0.317 e. The lowest BCUT2D eigenvalue weighted by Gasteiger charge is -2.11. The molecule has 1 aromatic carbocycles. The van der Waals surface area contributed by atoms with Gasteiger partial charge in [0.2, 0.25) is 9.84 Å². The van der Waals surface area contributed by atoms with Gasteiger partial charge in [0.05, 0.1) is 15.4 Å². The molecule has 1 heterocycles. The fourth-order valence-corrected chi connectivity index (χ4v) is 3.87. The molecule has 20 heavy (non-hydrogen) atoms. The zero-order valence-corrected chi connectivity index (χ0v) is 11.8. The van der Waals surface area contributed by atoms with Crippen LogP contribution in [-0.4, -0.2) is 21.5 Å². The van der Waals surface area contributed by atoms with Crippen molar-refractivity contribution in [3.63, 3.8) is 0 Å². The van der Waals surface area contributed by atoms with E-state index in [0.717, 1.165) is 18.2 Å². The summed E-state index contributed by atoms with van der Waals surface area (Å²) < 4.78 is 63.2. The zero-order valence-electron chi connectivity index (χ0n) is 11.0. The summed E-state index contributed by atoms with van der Waals surface area (Å²) in [5.74, 6) is 0. The summed E-state index contributed by atoms with van der Waals surface area (Å²) in [6.07, 6.45) is -3.27. The Morgan fingerprint density at radius 2 is 1.95 bits per heavy atom. The summed E-state index contributed by atoms with van der Waals surface area (Å²) in [5.41, 5.74) is -1.16. The van der Waals surface area contributed by atoms with Crippen molar-refractivity contribution in [1.82, 2.24) is 5.32 Å². The van der Waals surface area contributed by atoms with Gasteiger partial charge >= 0.3 is 6.18 Å². The lowest BCUT2D eigenvalue weighted by molar-refractivity contribution is -0.137. The lowest BCUT2D eigenvalue weighted by atomic mass is 10.1. The number of hydrogen-bond donors (Lipinski definition) is 1. The van der Waals surface area contributed by atoms with Gasteiger partial charge in [0.25, 0.3) is 0 Å². The summed E-state index contributed by atoms with van der Waals surface area (Å²) in [4.78, 5) is -0.239. The lowest BCUT2D eigenvalue weighted by Crippen LogP contribution is -2.22. The van der Waals surface area contributed by atoms with E-state index >= 15 is 0 Å². The van der Waals surface area contributed by atoms with Crippen molar-refractivity contribution in [2.24, 2.45) is 0 Å². The molecule has 1 unspecified atom stereocenters. The van der Waals surface area contributed by atoms with Crippen LogP contribution in [0, 0.1) is 0 Å². The van der Waals surface area contributed by atoms with Crippen LogP contribution in [0.1, 0.15) is 24.5 Å². The van der Waals surface area contributed by atoms with Crippen LogP contribution in [-0.2, 0) is 16.0 Å². The van der Waals surface area contributed by atoms with Crippen molar-refractivity contribution in [3.8, 4) is 0 Å². The third-order valence-corrected chi connectivity index (χ3v) is 5.22. The van der Waals surface area contributed by atoms with E-state index in [2.05, 4.69) is 5.32 Å². The maximum absolute atomic E-state index is 12.9. The van der Waals surface area contributed by atoms with E-state index in [4.69, 9.17) is 0 Å². The van der Waals surface area contributed by atoms with Gasteiger partial charge in [-0.15, -0.1) is 0 Å². The fourth-order valence-electron chi connectivity index (χ4n) is 2.13. The molecule has 0 spiro atoms. The molecule has 0 aliphatic carbocycles. The molecule has 7 heteroatoms. The monoisotopic (exact) mass is 305 g/mol. The first-order valence-electron chi connectivity index (χ1n) is 6.01. The van der Waals surface area contributed by atoms with Gasteiger partial charge < -0.3 is 5.32 Å². The number of halogens is 3. The highest BCUT2D eigenvalue weighted by molar-refractivity contribution is 7.95. The Balaban J connectivity index is 2.57. The molecule has 1 atom stereocenters. The summed E-state index contributed by atoms with van der Waals surface area (Å²) in [5, 5.41) is 2.87. The van der Waals surface area contributed by atoms with Gasteiger partial charge in [0.15, 0.2) is 0 Å². The first-order valence-corrected chi connectivity index (χ1v) is 7.49. The molecule has 0 fully saturated rings. The molecule has 0 aromatic heterocycles. The van der Waals surface area contributed by atoms with E-state index in [1.807, 2.05) is 0 Å². The largest absolute Gasteiger partial charge is 0.417 e. The second-order valence-electron chi connectivity index (χ2n) is 4.72. The molecule has 0 bridgehead atoms. The average Bonchev–Trinajstić information content (AvgIpc) is 2.60. The number of hydrogen-bond acceptors (Lipinski definition) is 3. The van der Waals surface area contributed by atoms with Crippen molar-refractivity contribution in [2.45, 2.75) is 30.5 Å². The van der Waals surface area contributed by atoms with Gasteiger partial charge in [-0.3, -0.25) is 0 Å². The van der Waals surface area contributed by atoms with Gasteiger partial charge in [-0.2, -0.15) is 13.2 Å². The SMILES string of the molecule is CNC(C)CC1=Cc2c(C(F)(F)F)cccc2S1(=O)=O. The number of sulfone groups is 1. The molecule has 0 saturated heterocycles. The molecule has 0 saturated carbocycles. The summed E-state index contributed by atoms with van der Waals surface area (Å²) in [7, 11) is -2.15. The van der Waals surface area contributed by atoms with Crippen LogP contribution in [0.25, 0.3) is 6.08 Å². The van der Waals surface area contributed by atoms with Gasteiger partial charge in [-0.1, -0.05) is 6.07 Å². The minimum absolute atomic E-state index is 0.0195. The molecular formula is C13H14F3NO2S. The molecule has 0 radical (unpaired) electrons. The second-order valence-corrected chi connectivity index (χ2v) is 6.69. The normalized spacial score (nSPS) is 18.6. The molecule has 1 aliphatic heterocycles. The number of fused-ring (bicyclic) bond motifs is 1. The number of benzene rings is 1. The van der Waals surface area contributed by atoms with E-state index in [9.17, 15) is 21.6 Å². The highest BCUT2D eigenvalue weighted by atomic mass is 32.2. The van der Waals surface area contributed by atoms with Crippen LogP contribution in [0.3, 0.4) is 0 Å². The van der Waals surface area contributed by atoms with Crippen molar-refractivity contribution >= 4 is 15.9 Å². The van der Waals surface area contributed by atoms with Crippen LogP contribution in [0.5, 0.6) is 0 Å². The first-order chi connectivity index (χ1) is 9.17. The molecule has 0 amide bonds. The summed E-state index contributed by atoms with van der Waals surface area (Å²) >= 11 is 0. The van der Waals surface area contributed by atoms with Gasteiger partial charge in [0.1, 0.15) is 0 Å². The average molecular weight is 305 g/mol. The predicted molar refractivity (Wildman–Crippen MR) is 69.7 cm³/mol. The highest BCUT2D eigenvalue weighted by Gasteiger charge is 2.39. The van der Waals surface area contributed by atoms with Crippen LogP contribution in [0.2, 0.25) is 0 Å². The number of alkyl halides is 3. The molecule has 2 rings (SSSR count). The van der Waals surface area contributed by atoms with Crippen molar-refractivity contribution in [2.75, 3.05) is 7.05 Å². The highest BCUT2D eigenvalue weighted by Crippen LogP contribution is 2.42. The van der Waals surface area contributed by atoms with E-state index < -0.39 is 21.6 Å². The van der Waals surface area contributed by atoms with Crippen LogP contribution in [0.15, 0.2) is 28.0 Å². The Kier molecular flexibility index (Phi) is 3.68. The minimum atomic E-state index is -4.57. The zero-order chi connectivity index (χ0) is 15.1. The molecule has 3 nitrogen and oxygen atoms in total. The maximum Gasteiger partial charge on any atom is 0.417 e. The van der Waals surface area contributed by atoms with E-state index in [0.29, 0.717) is 0 Å². The fraction of sp³-hybridized carbons (Fsp3) is 0.385. The third kappa shape index (κ3) is 2.47. The summed E-state index contributed by atoms with van der Waals surface area (Å²) in [6, 6.07) is 3.10. The van der Waals surface area contributed by atoms with Crippen molar-refractivity contribution in [1.29, 1.82) is 0 Å². The van der Waals surface area contributed by atoms with Gasteiger partial charge in [-0.05, 0) is 38.6 Å². The van der Waals surface area contributed by atoms with Gasteiger partial charge in [0, 0.05) is 11.6 Å². The standard InChI is InChI=1S/C13H14F3NO2S/c1-8(17-2)6-9-7-10-11(13(14,15)16)4-3-5-12(10)20(9,18)19/h3-5,7-8,17H,6H2,1-2H3. The molecule has 110 valence electrons. The van der Waals surface area contributed by atoms with E-state index in [1.54, 1.807) is 14.0 Å². The Bertz CT molecular complexity index is 663. The maximum atomic E-state index is 12.9. The first kappa shape index (κ1) is 15.1. The Hall–Kier alpha value is -1.34. The molecule has 1 aromatic rings. The molecular weight excluding hydrogens is 291 g/mol. The minimum Gasteiger partial charge on any atom is -0.317 e. The van der Waals surface area contributed by atoms with Crippen molar-refractivity contribution in [3.05, 3.63) is 34.2 Å². The van der Waals surface area contributed by atoms with Crippen molar-refractivity contribution < 1.29 is 21.6 Å². The van der Waals surface area contributed by atoms with E-state index in [1.165, 1.54) is 6.07 Å². The second kappa shape index (κ2) is 4.89. The topological polar surface area (TPSA) is 46.2 Å². The molecule has 1 N–H and O–H groups in total. The quantitative estimate of drug-likeness (QED) is 0.934. The predicted octanol–water partition coefficient (Wildman–Crippen LogP) is 2.83. The Morgan fingerprint density at radius 1 is 1.30 bits per heavy atom. The van der Waals surface area contributed by atoms with Gasteiger partial charge in [-0.25, -0.2) is 8.42 Å². The molecule has 1 aliphatic rings. The van der Waals surface area contributed by atoms with Crippen LogP contribution >= 0.6 is 0 Å². The van der Waals surface area contributed by atoms with Crippen LogP contribution < -0.4 is 5.32 Å². The van der Waals surface area contributed by atoms with Crippen LogP contribution in [0.4, 0.5) is 13.2 Å². The Morgan fingerprint density at radius 3 is 2.50 bits per heavy atom. The van der Waals surface area contributed by atoms with E-state index in [-0.39, 0.29) is 27.8 Å². The number of rotatable bonds is 3.